The highest BCUT2D eigenvalue weighted by molar-refractivity contribution is 7.21. The molecule has 1 aliphatic rings. The molecule has 0 saturated heterocycles. The Morgan fingerprint density at radius 3 is 2.79 bits per heavy atom. The lowest BCUT2D eigenvalue weighted by atomic mass is 9.83. The molecule has 1 atom stereocenters. The van der Waals surface area contributed by atoms with E-state index < -0.39 is 0 Å². The summed E-state index contributed by atoms with van der Waals surface area (Å²) in [4.78, 5) is 14.4. The van der Waals surface area contributed by atoms with Gasteiger partial charge >= 0.3 is 0 Å². The summed E-state index contributed by atoms with van der Waals surface area (Å²) in [6.45, 7) is 0. The molecule has 0 radical (unpaired) electrons. The molecule has 1 aliphatic carbocycles. The average molecular weight is 338 g/mol. The van der Waals surface area contributed by atoms with Gasteiger partial charge in [-0.25, -0.2) is 9.97 Å². The second-order valence-electron chi connectivity index (χ2n) is 6.57. The number of hydrogen-bond donors (Lipinski definition) is 1. The third-order valence-electron chi connectivity index (χ3n) is 4.84. The van der Waals surface area contributed by atoms with Crippen molar-refractivity contribution >= 4 is 26.8 Å². The zero-order chi connectivity index (χ0) is 16.2. The quantitative estimate of drug-likeness (QED) is 0.694. The maximum atomic E-state index is 4.70. The molecule has 124 valence electrons. The van der Waals surface area contributed by atoms with Crippen LogP contribution in [0.1, 0.15) is 50.1 Å². The smallest absolute Gasteiger partial charge is 0.185 e. The number of rotatable bonds is 5. The molecule has 3 aromatic heterocycles. The highest BCUT2D eigenvalue weighted by Crippen LogP contribution is 2.35. The maximum absolute atomic E-state index is 4.70. The molecular formula is C19H22N4S. The van der Waals surface area contributed by atoms with Gasteiger partial charge in [0, 0.05) is 18.6 Å². The van der Waals surface area contributed by atoms with E-state index in [0.717, 1.165) is 27.8 Å². The Labute approximate surface area is 146 Å². The van der Waals surface area contributed by atoms with Crippen LogP contribution in [0.2, 0.25) is 0 Å². The van der Waals surface area contributed by atoms with Crippen molar-refractivity contribution in [3.63, 3.8) is 0 Å². The van der Waals surface area contributed by atoms with Crippen molar-refractivity contribution in [1.29, 1.82) is 0 Å². The van der Waals surface area contributed by atoms with E-state index >= 15 is 0 Å². The van der Waals surface area contributed by atoms with Crippen molar-refractivity contribution in [1.82, 2.24) is 15.0 Å². The fraction of sp³-hybridized carbons (Fsp3) is 0.421. The normalized spacial score (nSPS) is 17.0. The number of thiazole rings is 1. The van der Waals surface area contributed by atoms with Crippen LogP contribution in [0.5, 0.6) is 0 Å². The molecule has 24 heavy (non-hydrogen) atoms. The first-order chi connectivity index (χ1) is 11.9. The van der Waals surface area contributed by atoms with Crippen LogP contribution in [0.3, 0.4) is 0 Å². The summed E-state index contributed by atoms with van der Waals surface area (Å²) in [5.41, 5.74) is 2.21. The Bertz CT molecular complexity index is 747. The van der Waals surface area contributed by atoms with Gasteiger partial charge in [0.05, 0.1) is 6.04 Å². The van der Waals surface area contributed by atoms with E-state index in [4.69, 9.17) is 4.98 Å². The molecule has 0 aliphatic heterocycles. The molecule has 0 amide bonds. The topological polar surface area (TPSA) is 50.7 Å². The lowest BCUT2D eigenvalue weighted by Gasteiger charge is -2.27. The molecule has 1 N–H and O–H groups in total. The highest BCUT2D eigenvalue weighted by Gasteiger charge is 2.21. The van der Waals surface area contributed by atoms with Crippen molar-refractivity contribution in [2.45, 2.75) is 44.6 Å². The third kappa shape index (κ3) is 3.56. The molecular weight excluding hydrogens is 316 g/mol. The van der Waals surface area contributed by atoms with E-state index in [1.807, 2.05) is 36.8 Å². The van der Waals surface area contributed by atoms with Crippen molar-refractivity contribution in [2.75, 3.05) is 5.32 Å². The van der Waals surface area contributed by atoms with Crippen molar-refractivity contribution < 1.29 is 0 Å². The van der Waals surface area contributed by atoms with Gasteiger partial charge in [-0.05, 0) is 36.1 Å². The van der Waals surface area contributed by atoms with Crippen LogP contribution in [-0.2, 0) is 0 Å². The fourth-order valence-corrected chi connectivity index (χ4v) is 4.46. The molecule has 0 spiro atoms. The van der Waals surface area contributed by atoms with Crippen molar-refractivity contribution in [2.24, 2.45) is 5.92 Å². The van der Waals surface area contributed by atoms with Crippen LogP contribution in [0.15, 0.2) is 42.9 Å². The number of nitrogens with zero attached hydrogens (tertiary/aromatic N) is 3. The third-order valence-corrected chi connectivity index (χ3v) is 5.76. The van der Waals surface area contributed by atoms with Gasteiger partial charge in [-0.1, -0.05) is 49.5 Å². The van der Waals surface area contributed by atoms with Gasteiger partial charge in [-0.3, -0.25) is 4.98 Å². The second-order valence-corrected chi connectivity index (χ2v) is 7.55. The zero-order valence-corrected chi connectivity index (χ0v) is 14.5. The zero-order valence-electron chi connectivity index (χ0n) is 13.7. The summed E-state index contributed by atoms with van der Waals surface area (Å²) in [7, 11) is 0. The Morgan fingerprint density at radius 2 is 2.00 bits per heavy atom. The number of fused-ring (bicyclic) bond motifs is 1. The number of aromatic nitrogens is 3. The molecule has 1 fully saturated rings. The molecule has 3 aromatic rings. The first-order valence-electron chi connectivity index (χ1n) is 8.76. The van der Waals surface area contributed by atoms with Crippen LogP contribution in [0.4, 0.5) is 5.13 Å². The largest absolute Gasteiger partial charge is 0.355 e. The molecule has 4 rings (SSSR count). The summed E-state index contributed by atoms with van der Waals surface area (Å²) in [6.07, 6.45) is 13.6. The van der Waals surface area contributed by atoms with Gasteiger partial charge in [0.15, 0.2) is 5.13 Å². The lowest BCUT2D eigenvalue weighted by Crippen LogP contribution is -2.17. The van der Waals surface area contributed by atoms with Crippen LogP contribution in [-0.4, -0.2) is 15.0 Å². The first-order valence-corrected chi connectivity index (χ1v) is 9.58. The number of nitrogens with one attached hydrogen (secondary N) is 1. The number of hydrogen-bond acceptors (Lipinski definition) is 5. The first kappa shape index (κ1) is 15.5. The molecule has 4 nitrogen and oxygen atoms in total. The van der Waals surface area contributed by atoms with Crippen LogP contribution < -0.4 is 5.32 Å². The van der Waals surface area contributed by atoms with E-state index in [-0.39, 0.29) is 6.04 Å². The number of anilines is 1. The minimum Gasteiger partial charge on any atom is -0.355 e. The Balaban J connectivity index is 1.57. The van der Waals surface area contributed by atoms with E-state index in [1.54, 1.807) is 11.3 Å². The molecule has 5 heteroatoms. The van der Waals surface area contributed by atoms with Crippen LogP contribution in [0.25, 0.3) is 10.3 Å². The van der Waals surface area contributed by atoms with Gasteiger partial charge in [0.2, 0.25) is 0 Å². The Morgan fingerprint density at radius 1 is 1.12 bits per heavy atom. The Hall–Kier alpha value is -2.01. The highest BCUT2D eigenvalue weighted by atomic mass is 32.1. The maximum Gasteiger partial charge on any atom is 0.185 e. The lowest BCUT2D eigenvalue weighted by molar-refractivity contribution is 0.325. The van der Waals surface area contributed by atoms with Crippen molar-refractivity contribution in [3.8, 4) is 0 Å². The van der Waals surface area contributed by atoms with Crippen molar-refractivity contribution in [3.05, 3.63) is 48.4 Å². The summed E-state index contributed by atoms with van der Waals surface area (Å²) < 4.78 is 0. The predicted molar refractivity (Wildman–Crippen MR) is 99.2 cm³/mol. The Kier molecular flexibility index (Phi) is 4.69. The summed E-state index contributed by atoms with van der Waals surface area (Å²) >= 11 is 1.63. The molecule has 3 heterocycles. The van der Waals surface area contributed by atoms with E-state index in [0.29, 0.717) is 0 Å². The van der Waals surface area contributed by atoms with Crippen LogP contribution >= 0.6 is 11.3 Å². The van der Waals surface area contributed by atoms with Crippen LogP contribution in [0, 0.1) is 5.92 Å². The van der Waals surface area contributed by atoms with E-state index in [2.05, 4.69) is 21.4 Å². The summed E-state index contributed by atoms with van der Waals surface area (Å²) in [5.74, 6) is 0.795. The summed E-state index contributed by atoms with van der Waals surface area (Å²) in [5, 5.41) is 4.61. The van der Waals surface area contributed by atoms with Gasteiger partial charge < -0.3 is 5.32 Å². The molecule has 0 bridgehead atoms. The minimum atomic E-state index is 0.266. The standard InChI is InChI=1S/C19H22N4S/c1-2-6-14(7-3-1)12-17(15-8-4-10-20-13-15)23-19-22-16-9-5-11-21-18(16)24-19/h4-5,8-11,13-14,17H,1-3,6-7,12H2,(H,22,23). The van der Waals surface area contributed by atoms with Gasteiger partial charge in [-0.2, -0.15) is 0 Å². The van der Waals surface area contributed by atoms with Gasteiger partial charge in [0.25, 0.3) is 0 Å². The monoisotopic (exact) mass is 338 g/mol. The summed E-state index contributed by atoms with van der Waals surface area (Å²) in [6, 6.07) is 8.41. The minimum absolute atomic E-state index is 0.266. The fourth-order valence-electron chi connectivity index (χ4n) is 3.60. The average Bonchev–Trinajstić information content (AvgIpc) is 3.05. The van der Waals surface area contributed by atoms with Gasteiger partial charge in [0.1, 0.15) is 10.3 Å². The second kappa shape index (κ2) is 7.26. The molecule has 1 saturated carbocycles. The number of pyridine rings is 2. The van der Waals surface area contributed by atoms with Gasteiger partial charge in [-0.15, -0.1) is 0 Å². The predicted octanol–water partition coefficient (Wildman–Crippen LogP) is 5.21. The van der Waals surface area contributed by atoms with E-state index in [1.165, 1.54) is 37.7 Å². The molecule has 1 unspecified atom stereocenters. The SMILES string of the molecule is c1cncc(C(CC2CCCCC2)Nc2nc3cccnc3s2)c1. The van der Waals surface area contributed by atoms with E-state index in [9.17, 15) is 0 Å². The molecule has 0 aromatic carbocycles.